The van der Waals surface area contributed by atoms with Crippen LogP contribution < -0.4 is 19.5 Å². The Labute approximate surface area is 177 Å². The van der Waals surface area contributed by atoms with Crippen LogP contribution in [0.3, 0.4) is 0 Å². The molecule has 5 heteroatoms. The minimum Gasteiger partial charge on any atom is -0.497 e. The lowest BCUT2D eigenvalue weighted by atomic mass is 9.98. The Hall–Kier alpha value is -3.47. The molecule has 3 aromatic rings. The first kappa shape index (κ1) is 21.2. The zero-order valence-corrected chi connectivity index (χ0v) is 17.6. The van der Waals surface area contributed by atoms with Crippen LogP contribution in [0.2, 0.25) is 0 Å². The zero-order chi connectivity index (χ0) is 21.3. The zero-order valence-electron chi connectivity index (χ0n) is 17.6. The van der Waals surface area contributed by atoms with Crippen LogP contribution in [0.5, 0.6) is 17.2 Å². The van der Waals surface area contributed by atoms with E-state index in [0.29, 0.717) is 24.3 Å². The molecule has 1 N–H and O–H groups in total. The lowest BCUT2D eigenvalue weighted by molar-refractivity contribution is 0.0936. The van der Waals surface area contributed by atoms with E-state index in [1.165, 1.54) is 0 Å². The van der Waals surface area contributed by atoms with E-state index in [1.807, 2.05) is 67.6 Å². The molecule has 0 heterocycles. The first-order valence-electron chi connectivity index (χ1n) is 9.93. The number of hydrogen-bond acceptors (Lipinski definition) is 4. The van der Waals surface area contributed by atoms with Gasteiger partial charge in [0.1, 0.15) is 17.2 Å². The number of benzene rings is 3. The highest BCUT2D eigenvalue weighted by molar-refractivity contribution is 5.94. The average molecular weight is 405 g/mol. The second kappa shape index (κ2) is 10.3. The van der Waals surface area contributed by atoms with E-state index in [0.717, 1.165) is 22.6 Å². The van der Waals surface area contributed by atoms with Crippen molar-refractivity contribution in [2.75, 3.05) is 20.8 Å². The second-order valence-electron chi connectivity index (χ2n) is 6.81. The van der Waals surface area contributed by atoms with Crippen LogP contribution in [0.4, 0.5) is 0 Å². The van der Waals surface area contributed by atoms with Gasteiger partial charge in [-0.15, -0.1) is 0 Å². The van der Waals surface area contributed by atoms with Gasteiger partial charge in [0.05, 0.1) is 26.9 Å². The Morgan fingerprint density at radius 2 is 1.50 bits per heavy atom. The molecule has 1 amide bonds. The summed E-state index contributed by atoms with van der Waals surface area (Å²) < 4.78 is 16.0. The van der Waals surface area contributed by atoms with Crippen molar-refractivity contribution in [3.63, 3.8) is 0 Å². The maximum atomic E-state index is 13.0. The van der Waals surface area contributed by atoms with Crippen LogP contribution in [0.25, 0.3) is 0 Å². The number of ether oxygens (including phenoxy) is 3. The van der Waals surface area contributed by atoms with Crippen LogP contribution in [0, 0.1) is 0 Å². The third-order valence-electron chi connectivity index (χ3n) is 4.83. The van der Waals surface area contributed by atoms with Gasteiger partial charge in [0.25, 0.3) is 5.91 Å². The SMILES string of the molecule is CCOc1cccc(C(=O)NC(Cc2ccc(OC)cc2)c2ccc(OC)cc2)c1. The number of hydrogen-bond donors (Lipinski definition) is 1. The normalized spacial score (nSPS) is 11.4. The van der Waals surface area contributed by atoms with Crippen LogP contribution >= 0.6 is 0 Å². The minimum absolute atomic E-state index is 0.147. The van der Waals surface area contributed by atoms with Gasteiger partial charge >= 0.3 is 0 Å². The molecule has 3 aromatic carbocycles. The Morgan fingerprint density at radius 3 is 2.10 bits per heavy atom. The van der Waals surface area contributed by atoms with Gasteiger partial charge in [-0.05, 0) is 66.9 Å². The van der Waals surface area contributed by atoms with E-state index in [9.17, 15) is 4.79 Å². The van der Waals surface area contributed by atoms with Crippen molar-refractivity contribution in [3.05, 3.63) is 89.5 Å². The van der Waals surface area contributed by atoms with Crippen molar-refractivity contribution in [2.24, 2.45) is 0 Å². The fourth-order valence-corrected chi connectivity index (χ4v) is 3.22. The summed E-state index contributed by atoms with van der Waals surface area (Å²) in [6, 6.07) is 22.6. The predicted molar refractivity (Wildman–Crippen MR) is 118 cm³/mol. The summed E-state index contributed by atoms with van der Waals surface area (Å²) in [5.41, 5.74) is 2.66. The molecule has 0 radical (unpaired) electrons. The van der Waals surface area contributed by atoms with E-state index in [-0.39, 0.29) is 11.9 Å². The quantitative estimate of drug-likeness (QED) is 0.555. The molecule has 0 saturated heterocycles. The van der Waals surface area contributed by atoms with E-state index >= 15 is 0 Å². The topological polar surface area (TPSA) is 56.8 Å². The first-order chi connectivity index (χ1) is 14.6. The van der Waals surface area contributed by atoms with Crippen LogP contribution in [0.1, 0.15) is 34.5 Å². The Balaban J connectivity index is 1.83. The van der Waals surface area contributed by atoms with Gasteiger partial charge in [-0.25, -0.2) is 0 Å². The maximum absolute atomic E-state index is 13.0. The number of nitrogens with one attached hydrogen (secondary N) is 1. The predicted octanol–water partition coefficient (Wildman–Crippen LogP) is 4.82. The molecular formula is C25H27NO4. The fraction of sp³-hybridized carbons (Fsp3) is 0.240. The fourth-order valence-electron chi connectivity index (χ4n) is 3.22. The van der Waals surface area contributed by atoms with E-state index in [2.05, 4.69) is 5.32 Å². The summed E-state index contributed by atoms with van der Waals surface area (Å²) in [7, 11) is 3.28. The first-order valence-corrected chi connectivity index (χ1v) is 9.93. The molecule has 30 heavy (non-hydrogen) atoms. The molecule has 0 bridgehead atoms. The van der Waals surface area contributed by atoms with Crippen molar-refractivity contribution < 1.29 is 19.0 Å². The summed E-state index contributed by atoms with van der Waals surface area (Å²) in [5, 5.41) is 3.17. The minimum atomic E-state index is -0.201. The maximum Gasteiger partial charge on any atom is 0.251 e. The molecule has 0 saturated carbocycles. The van der Waals surface area contributed by atoms with Crippen LogP contribution in [0.15, 0.2) is 72.8 Å². The van der Waals surface area contributed by atoms with Crippen LogP contribution in [-0.2, 0) is 6.42 Å². The molecule has 0 aliphatic rings. The third kappa shape index (κ3) is 5.54. The lowest BCUT2D eigenvalue weighted by Crippen LogP contribution is -2.30. The summed E-state index contributed by atoms with van der Waals surface area (Å²) in [6.07, 6.45) is 0.646. The van der Waals surface area contributed by atoms with Gasteiger partial charge in [-0.1, -0.05) is 30.3 Å². The van der Waals surface area contributed by atoms with Crippen molar-refractivity contribution in [2.45, 2.75) is 19.4 Å². The molecule has 3 rings (SSSR count). The molecule has 156 valence electrons. The van der Waals surface area contributed by atoms with E-state index in [4.69, 9.17) is 14.2 Å². The number of amides is 1. The van der Waals surface area contributed by atoms with Gasteiger partial charge in [-0.2, -0.15) is 0 Å². The van der Waals surface area contributed by atoms with Crippen LogP contribution in [-0.4, -0.2) is 26.7 Å². The van der Waals surface area contributed by atoms with Gasteiger partial charge < -0.3 is 19.5 Å². The molecule has 0 aromatic heterocycles. The monoisotopic (exact) mass is 405 g/mol. The van der Waals surface area contributed by atoms with Crippen molar-refractivity contribution in [1.29, 1.82) is 0 Å². The van der Waals surface area contributed by atoms with Gasteiger partial charge in [0, 0.05) is 5.56 Å². The lowest BCUT2D eigenvalue weighted by Gasteiger charge is -2.20. The van der Waals surface area contributed by atoms with Crippen molar-refractivity contribution >= 4 is 5.91 Å². The summed E-state index contributed by atoms with van der Waals surface area (Å²) >= 11 is 0. The highest BCUT2D eigenvalue weighted by atomic mass is 16.5. The van der Waals surface area contributed by atoms with E-state index in [1.54, 1.807) is 26.4 Å². The number of carbonyl (C=O) groups excluding carboxylic acids is 1. The Bertz CT molecular complexity index is 952. The molecule has 1 atom stereocenters. The molecule has 0 aliphatic heterocycles. The van der Waals surface area contributed by atoms with Crippen molar-refractivity contribution in [1.82, 2.24) is 5.32 Å². The third-order valence-corrected chi connectivity index (χ3v) is 4.83. The van der Waals surface area contributed by atoms with Gasteiger partial charge in [0.15, 0.2) is 0 Å². The summed E-state index contributed by atoms with van der Waals surface area (Å²) in [6.45, 7) is 2.47. The Morgan fingerprint density at radius 1 is 0.867 bits per heavy atom. The summed E-state index contributed by atoms with van der Waals surface area (Å²) in [5.74, 6) is 2.11. The van der Waals surface area contributed by atoms with Gasteiger partial charge in [0.2, 0.25) is 0 Å². The molecule has 0 spiro atoms. The molecule has 5 nitrogen and oxygen atoms in total. The summed E-state index contributed by atoms with van der Waals surface area (Å²) in [4.78, 5) is 13.0. The number of methoxy groups -OCH3 is 2. The smallest absolute Gasteiger partial charge is 0.251 e. The second-order valence-corrected chi connectivity index (χ2v) is 6.81. The van der Waals surface area contributed by atoms with E-state index < -0.39 is 0 Å². The molecule has 0 aliphatic carbocycles. The number of rotatable bonds is 9. The molecular weight excluding hydrogens is 378 g/mol. The van der Waals surface area contributed by atoms with Gasteiger partial charge in [-0.3, -0.25) is 4.79 Å². The highest BCUT2D eigenvalue weighted by Crippen LogP contribution is 2.24. The molecule has 0 fully saturated rings. The molecule has 1 unspecified atom stereocenters. The Kier molecular flexibility index (Phi) is 7.33. The average Bonchev–Trinajstić information content (AvgIpc) is 2.79. The highest BCUT2D eigenvalue weighted by Gasteiger charge is 2.17. The van der Waals surface area contributed by atoms with Crippen molar-refractivity contribution in [3.8, 4) is 17.2 Å². The number of carbonyl (C=O) groups is 1. The largest absolute Gasteiger partial charge is 0.497 e. The standard InChI is InChI=1S/C25H27NO4/c1-4-30-23-7-5-6-20(17-23)25(27)26-24(19-10-14-22(29-3)15-11-19)16-18-8-12-21(28-2)13-9-18/h5-15,17,24H,4,16H2,1-3H3,(H,26,27).